The Hall–Kier alpha value is -1.69. The molecule has 1 saturated carbocycles. The largest absolute Gasteiger partial charge is 0.367 e. The van der Waals surface area contributed by atoms with Gasteiger partial charge in [0.05, 0.1) is 4.92 Å². The lowest BCUT2D eigenvalue weighted by Crippen LogP contribution is -2.30. The molecule has 0 amide bonds. The van der Waals surface area contributed by atoms with Crippen molar-refractivity contribution in [2.45, 2.75) is 32.2 Å². The van der Waals surface area contributed by atoms with Gasteiger partial charge in [0.25, 0.3) is 5.69 Å². The molecule has 0 saturated heterocycles. The Kier molecular flexibility index (Phi) is 3.76. The number of aromatic nitrogens is 1. The number of aryl methyl sites for hydroxylation is 1. The Labute approximate surface area is 106 Å². The van der Waals surface area contributed by atoms with E-state index < -0.39 is 4.92 Å². The second kappa shape index (κ2) is 5.30. The van der Waals surface area contributed by atoms with E-state index in [0.29, 0.717) is 18.5 Å². The van der Waals surface area contributed by atoms with Crippen LogP contribution in [0.1, 0.15) is 24.8 Å². The van der Waals surface area contributed by atoms with Crippen molar-refractivity contribution in [2.24, 2.45) is 11.7 Å². The number of hydrogen-bond donors (Lipinski definition) is 2. The summed E-state index contributed by atoms with van der Waals surface area (Å²) in [5.41, 5.74) is 6.56. The average molecular weight is 250 g/mol. The summed E-state index contributed by atoms with van der Waals surface area (Å²) in [6.07, 6.45) is 4.69. The Morgan fingerprint density at radius 3 is 3.00 bits per heavy atom. The minimum atomic E-state index is -0.429. The fraction of sp³-hybridized carbons (Fsp3) is 0.583. The van der Waals surface area contributed by atoms with Gasteiger partial charge >= 0.3 is 0 Å². The second-order valence-electron chi connectivity index (χ2n) is 4.79. The molecule has 6 heteroatoms. The Balaban J connectivity index is 2.12. The van der Waals surface area contributed by atoms with Gasteiger partial charge in [0.15, 0.2) is 0 Å². The molecule has 2 atom stereocenters. The first-order valence-corrected chi connectivity index (χ1v) is 6.19. The normalized spacial score (nSPS) is 23.0. The molecule has 18 heavy (non-hydrogen) atoms. The zero-order valence-corrected chi connectivity index (χ0v) is 10.4. The minimum absolute atomic E-state index is 0.0276. The van der Waals surface area contributed by atoms with Crippen LogP contribution in [0.15, 0.2) is 12.3 Å². The van der Waals surface area contributed by atoms with E-state index in [1.165, 1.54) is 12.6 Å². The fourth-order valence-electron chi connectivity index (χ4n) is 2.50. The van der Waals surface area contributed by atoms with E-state index in [0.717, 1.165) is 24.2 Å². The number of rotatable bonds is 4. The second-order valence-corrected chi connectivity index (χ2v) is 4.79. The number of pyridine rings is 1. The summed E-state index contributed by atoms with van der Waals surface area (Å²) >= 11 is 0. The highest BCUT2D eigenvalue weighted by Crippen LogP contribution is 2.28. The van der Waals surface area contributed by atoms with Crippen LogP contribution in [-0.4, -0.2) is 22.5 Å². The van der Waals surface area contributed by atoms with E-state index in [1.54, 1.807) is 6.07 Å². The smallest absolute Gasteiger partial charge is 0.287 e. The number of nitro groups is 1. The maximum absolute atomic E-state index is 10.6. The van der Waals surface area contributed by atoms with Crippen LogP contribution in [0.4, 0.5) is 11.5 Å². The van der Waals surface area contributed by atoms with Gasteiger partial charge in [-0.25, -0.2) is 4.98 Å². The lowest BCUT2D eigenvalue weighted by atomic mass is 10.0. The van der Waals surface area contributed by atoms with Gasteiger partial charge in [0, 0.05) is 12.1 Å². The van der Waals surface area contributed by atoms with Gasteiger partial charge in [-0.2, -0.15) is 0 Å². The molecule has 0 spiro atoms. The van der Waals surface area contributed by atoms with Crippen molar-refractivity contribution < 1.29 is 4.92 Å². The quantitative estimate of drug-likeness (QED) is 0.628. The van der Waals surface area contributed by atoms with Crippen molar-refractivity contribution >= 4 is 11.5 Å². The molecule has 1 aromatic rings. The summed E-state index contributed by atoms with van der Waals surface area (Å²) in [6, 6.07) is 1.88. The predicted octanol–water partition coefficient (Wildman–Crippen LogP) is 1.84. The zero-order chi connectivity index (χ0) is 13.1. The molecular formula is C12H18N4O2. The maximum atomic E-state index is 10.6. The SMILES string of the molecule is Cc1cc([N+](=O)[O-])cnc1NC1CCCC1CN. The monoisotopic (exact) mass is 250 g/mol. The highest BCUT2D eigenvalue weighted by Gasteiger charge is 2.26. The van der Waals surface area contributed by atoms with Crippen LogP contribution >= 0.6 is 0 Å². The highest BCUT2D eigenvalue weighted by atomic mass is 16.6. The van der Waals surface area contributed by atoms with Gasteiger partial charge in [-0.05, 0) is 37.8 Å². The molecular weight excluding hydrogens is 232 g/mol. The van der Waals surface area contributed by atoms with E-state index in [-0.39, 0.29) is 5.69 Å². The van der Waals surface area contributed by atoms with Crippen molar-refractivity contribution in [3.63, 3.8) is 0 Å². The van der Waals surface area contributed by atoms with Crippen molar-refractivity contribution in [3.8, 4) is 0 Å². The number of nitrogens with zero attached hydrogens (tertiary/aromatic N) is 2. The summed E-state index contributed by atoms with van der Waals surface area (Å²) in [4.78, 5) is 14.3. The molecule has 1 aliphatic rings. The zero-order valence-electron chi connectivity index (χ0n) is 10.4. The molecule has 1 heterocycles. The van der Waals surface area contributed by atoms with Crippen molar-refractivity contribution in [1.82, 2.24) is 4.98 Å². The molecule has 0 aliphatic heterocycles. The fourth-order valence-corrected chi connectivity index (χ4v) is 2.50. The van der Waals surface area contributed by atoms with Crippen LogP contribution in [0, 0.1) is 23.0 Å². The lowest BCUT2D eigenvalue weighted by Gasteiger charge is -2.20. The van der Waals surface area contributed by atoms with Gasteiger partial charge in [-0.3, -0.25) is 10.1 Å². The third-order valence-electron chi connectivity index (χ3n) is 3.56. The Morgan fingerprint density at radius 1 is 1.61 bits per heavy atom. The molecule has 2 unspecified atom stereocenters. The van der Waals surface area contributed by atoms with E-state index in [4.69, 9.17) is 5.73 Å². The van der Waals surface area contributed by atoms with Crippen LogP contribution < -0.4 is 11.1 Å². The first-order chi connectivity index (χ1) is 8.61. The lowest BCUT2D eigenvalue weighted by molar-refractivity contribution is -0.385. The van der Waals surface area contributed by atoms with Crippen LogP contribution in [0.5, 0.6) is 0 Å². The van der Waals surface area contributed by atoms with E-state index >= 15 is 0 Å². The van der Waals surface area contributed by atoms with Crippen molar-refractivity contribution in [3.05, 3.63) is 27.9 Å². The Bertz CT molecular complexity index is 450. The number of nitrogens with one attached hydrogen (secondary N) is 1. The predicted molar refractivity (Wildman–Crippen MR) is 69.4 cm³/mol. The van der Waals surface area contributed by atoms with E-state index in [9.17, 15) is 10.1 Å². The molecule has 1 aromatic heterocycles. The van der Waals surface area contributed by atoms with Crippen molar-refractivity contribution in [1.29, 1.82) is 0 Å². The van der Waals surface area contributed by atoms with Gasteiger partial charge < -0.3 is 11.1 Å². The molecule has 3 N–H and O–H groups in total. The molecule has 0 bridgehead atoms. The number of nitrogens with two attached hydrogens (primary N) is 1. The summed E-state index contributed by atoms with van der Waals surface area (Å²) in [5, 5.41) is 14.0. The summed E-state index contributed by atoms with van der Waals surface area (Å²) in [6.45, 7) is 2.50. The molecule has 0 aromatic carbocycles. The molecule has 98 valence electrons. The topological polar surface area (TPSA) is 94.1 Å². The van der Waals surface area contributed by atoms with Gasteiger partial charge in [-0.1, -0.05) is 6.42 Å². The molecule has 1 fully saturated rings. The third kappa shape index (κ3) is 2.59. The first kappa shape index (κ1) is 12.8. The number of hydrogen-bond acceptors (Lipinski definition) is 5. The van der Waals surface area contributed by atoms with Crippen molar-refractivity contribution in [2.75, 3.05) is 11.9 Å². The van der Waals surface area contributed by atoms with E-state index in [1.807, 2.05) is 6.92 Å². The molecule has 6 nitrogen and oxygen atoms in total. The summed E-state index contributed by atoms with van der Waals surface area (Å²) in [5.74, 6) is 1.20. The standard InChI is InChI=1S/C12H18N4O2/c1-8-5-10(16(17)18)7-14-12(8)15-11-4-2-3-9(11)6-13/h5,7,9,11H,2-4,6,13H2,1H3,(H,14,15). The van der Waals surface area contributed by atoms with Gasteiger partial charge in [0.1, 0.15) is 12.0 Å². The molecule has 2 rings (SSSR count). The van der Waals surface area contributed by atoms with Gasteiger partial charge in [-0.15, -0.1) is 0 Å². The minimum Gasteiger partial charge on any atom is -0.367 e. The van der Waals surface area contributed by atoms with E-state index in [2.05, 4.69) is 10.3 Å². The Morgan fingerprint density at radius 2 is 2.39 bits per heavy atom. The first-order valence-electron chi connectivity index (χ1n) is 6.19. The summed E-state index contributed by atoms with van der Waals surface area (Å²) in [7, 11) is 0. The van der Waals surface area contributed by atoms with Crippen LogP contribution in [0.25, 0.3) is 0 Å². The highest BCUT2D eigenvalue weighted by molar-refractivity contribution is 5.49. The maximum Gasteiger partial charge on any atom is 0.287 e. The van der Waals surface area contributed by atoms with Crippen LogP contribution in [-0.2, 0) is 0 Å². The molecule has 0 radical (unpaired) electrons. The summed E-state index contributed by atoms with van der Waals surface area (Å²) < 4.78 is 0. The van der Waals surface area contributed by atoms with Crippen LogP contribution in [0.2, 0.25) is 0 Å². The van der Waals surface area contributed by atoms with Gasteiger partial charge in [0.2, 0.25) is 0 Å². The number of anilines is 1. The molecule has 1 aliphatic carbocycles. The van der Waals surface area contributed by atoms with Crippen LogP contribution in [0.3, 0.4) is 0 Å². The average Bonchev–Trinajstić information content (AvgIpc) is 2.78. The third-order valence-corrected chi connectivity index (χ3v) is 3.56.